The molecule has 0 spiro atoms. The van der Waals surface area contributed by atoms with Crippen LogP contribution < -0.4 is 14.8 Å². The topological polar surface area (TPSA) is 84.5 Å². The number of hydrogen-bond acceptors (Lipinski definition) is 4. The van der Waals surface area contributed by atoms with Crippen LogP contribution in [0.2, 0.25) is 0 Å². The number of ether oxygens (including phenoxy) is 1. The quantitative estimate of drug-likeness (QED) is 0.570. The first kappa shape index (κ1) is 21.4. The average molecular weight is 425 g/mol. The molecule has 0 bridgehead atoms. The van der Waals surface area contributed by atoms with Crippen LogP contribution in [0.1, 0.15) is 28.4 Å². The zero-order valence-corrected chi connectivity index (χ0v) is 17.7. The van der Waals surface area contributed by atoms with E-state index in [0.29, 0.717) is 18.8 Å². The summed E-state index contributed by atoms with van der Waals surface area (Å²) >= 11 is 0. The second-order valence-corrected chi connectivity index (χ2v) is 8.44. The van der Waals surface area contributed by atoms with Crippen molar-refractivity contribution < 1.29 is 17.9 Å². The van der Waals surface area contributed by atoms with Crippen LogP contribution in [0, 0.1) is 6.92 Å². The molecule has 6 nitrogen and oxygen atoms in total. The van der Waals surface area contributed by atoms with Crippen molar-refractivity contribution in [3.05, 3.63) is 89.5 Å². The molecule has 3 rings (SSSR count). The molecule has 1 amide bonds. The van der Waals surface area contributed by atoms with E-state index in [1.54, 1.807) is 24.3 Å². The highest BCUT2D eigenvalue weighted by molar-refractivity contribution is 7.92. The molecule has 0 unspecified atom stereocenters. The highest BCUT2D eigenvalue weighted by Crippen LogP contribution is 2.18. The molecule has 2 N–H and O–H groups in total. The van der Waals surface area contributed by atoms with Gasteiger partial charge in [0.2, 0.25) is 0 Å². The summed E-state index contributed by atoms with van der Waals surface area (Å²) in [5, 5.41) is 2.81. The van der Waals surface area contributed by atoms with Gasteiger partial charge in [-0.05, 0) is 61.9 Å². The van der Waals surface area contributed by atoms with Crippen LogP contribution in [-0.2, 0) is 16.6 Å². The first-order valence-corrected chi connectivity index (χ1v) is 11.0. The smallest absolute Gasteiger partial charge is 0.261 e. The lowest BCUT2D eigenvalue weighted by molar-refractivity contribution is 0.0950. The van der Waals surface area contributed by atoms with E-state index >= 15 is 0 Å². The monoisotopic (exact) mass is 424 g/mol. The second kappa shape index (κ2) is 9.45. The molecule has 0 aromatic heterocycles. The lowest BCUT2D eigenvalue weighted by Crippen LogP contribution is -2.23. The van der Waals surface area contributed by atoms with Gasteiger partial charge in [-0.15, -0.1) is 0 Å². The Labute approximate surface area is 177 Å². The fourth-order valence-electron chi connectivity index (χ4n) is 2.84. The largest absolute Gasteiger partial charge is 0.494 e. The predicted molar refractivity (Wildman–Crippen MR) is 117 cm³/mol. The number of aryl methyl sites for hydroxylation is 1. The number of amides is 1. The Morgan fingerprint density at radius 3 is 2.43 bits per heavy atom. The summed E-state index contributed by atoms with van der Waals surface area (Å²) in [7, 11) is -3.81. The fourth-order valence-corrected chi connectivity index (χ4v) is 3.94. The number of carbonyl (C=O) groups is 1. The highest BCUT2D eigenvalue weighted by atomic mass is 32.2. The van der Waals surface area contributed by atoms with Gasteiger partial charge in [0, 0.05) is 17.8 Å². The number of sulfonamides is 1. The third-order valence-electron chi connectivity index (χ3n) is 4.37. The number of benzene rings is 3. The van der Waals surface area contributed by atoms with Gasteiger partial charge in [0.25, 0.3) is 15.9 Å². The van der Waals surface area contributed by atoms with Crippen molar-refractivity contribution in [2.24, 2.45) is 0 Å². The minimum Gasteiger partial charge on any atom is -0.494 e. The van der Waals surface area contributed by atoms with Gasteiger partial charge in [-0.2, -0.15) is 0 Å². The summed E-state index contributed by atoms with van der Waals surface area (Å²) < 4.78 is 33.4. The van der Waals surface area contributed by atoms with Crippen LogP contribution in [0.3, 0.4) is 0 Å². The van der Waals surface area contributed by atoms with Crippen molar-refractivity contribution in [1.82, 2.24) is 5.32 Å². The van der Waals surface area contributed by atoms with Gasteiger partial charge in [0.05, 0.1) is 11.5 Å². The molecule has 0 aliphatic rings. The van der Waals surface area contributed by atoms with Crippen LogP contribution >= 0.6 is 0 Å². The number of carbonyl (C=O) groups excluding carboxylic acids is 1. The molecule has 0 fully saturated rings. The predicted octanol–water partition coefficient (Wildman–Crippen LogP) is 4.12. The van der Waals surface area contributed by atoms with Gasteiger partial charge in [-0.25, -0.2) is 8.42 Å². The standard InChI is InChI=1S/C23H24N2O4S/c1-3-29-21-8-4-6-18(14-21)16-24-23(26)19-7-5-9-22(15-19)30(27,28)25-20-12-10-17(2)11-13-20/h4-15,25H,3,16H2,1-2H3,(H,24,26). The zero-order chi connectivity index (χ0) is 21.6. The van der Waals surface area contributed by atoms with Gasteiger partial charge in [-0.1, -0.05) is 35.9 Å². The van der Waals surface area contributed by atoms with Crippen molar-refractivity contribution >= 4 is 21.6 Å². The Kier molecular flexibility index (Phi) is 6.74. The van der Waals surface area contributed by atoms with Crippen molar-refractivity contribution in [2.45, 2.75) is 25.3 Å². The third kappa shape index (κ3) is 5.61. The summed E-state index contributed by atoms with van der Waals surface area (Å²) in [5.41, 5.74) is 2.65. The van der Waals surface area contributed by atoms with Gasteiger partial charge in [0.1, 0.15) is 5.75 Å². The Hall–Kier alpha value is -3.32. The van der Waals surface area contributed by atoms with E-state index in [1.165, 1.54) is 12.1 Å². The number of hydrogen-bond donors (Lipinski definition) is 2. The molecular weight excluding hydrogens is 400 g/mol. The Balaban J connectivity index is 1.70. The van der Waals surface area contributed by atoms with Crippen molar-refractivity contribution in [3.8, 4) is 5.75 Å². The van der Waals surface area contributed by atoms with Gasteiger partial charge in [0.15, 0.2) is 0 Å². The third-order valence-corrected chi connectivity index (χ3v) is 5.75. The summed E-state index contributed by atoms with van der Waals surface area (Å²) in [5.74, 6) is 0.378. The molecule has 0 radical (unpaired) electrons. The lowest BCUT2D eigenvalue weighted by Gasteiger charge is -2.11. The van der Waals surface area contributed by atoms with E-state index in [4.69, 9.17) is 4.74 Å². The molecule has 3 aromatic carbocycles. The van der Waals surface area contributed by atoms with Gasteiger partial charge < -0.3 is 10.1 Å². The van der Waals surface area contributed by atoms with E-state index in [1.807, 2.05) is 50.2 Å². The molecule has 0 heterocycles. The molecule has 7 heteroatoms. The molecule has 3 aromatic rings. The summed E-state index contributed by atoms with van der Waals surface area (Å²) in [6.07, 6.45) is 0. The normalized spacial score (nSPS) is 11.0. The minimum atomic E-state index is -3.81. The number of rotatable bonds is 8. The second-order valence-electron chi connectivity index (χ2n) is 6.76. The molecule has 30 heavy (non-hydrogen) atoms. The maximum absolute atomic E-state index is 12.7. The molecule has 0 saturated carbocycles. The highest BCUT2D eigenvalue weighted by Gasteiger charge is 2.16. The molecular formula is C23H24N2O4S. The van der Waals surface area contributed by atoms with Crippen molar-refractivity contribution in [2.75, 3.05) is 11.3 Å². The van der Waals surface area contributed by atoms with E-state index in [2.05, 4.69) is 10.0 Å². The van der Waals surface area contributed by atoms with Gasteiger partial charge >= 0.3 is 0 Å². The minimum absolute atomic E-state index is 0.0223. The summed E-state index contributed by atoms with van der Waals surface area (Å²) in [4.78, 5) is 12.6. The maximum atomic E-state index is 12.7. The fraction of sp³-hybridized carbons (Fsp3) is 0.174. The molecule has 156 valence electrons. The summed E-state index contributed by atoms with van der Waals surface area (Å²) in [6.45, 7) is 4.70. The summed E-state index contributed by atoms with van der Waals surface area (Å²) in [6, 6.07) is 20.4. The molecule has 0 atom stereocenters. The van der Waals surface area contributed by atoms with Crippen molar-refractivity contribution in [1.29, 1.82) is 0 Å². The van der Waals surface area contributed by atoms with Crippen LogP contribution in [-0.4, -0.2) is 20.9 Å². The SMILES string of the molecule is CCOc1cccc(CNC(=O)c2cccc(S(=O)(=O)Nc3ccc(C)cc3)c2)c1. The lowest BCUT2D eigenvalue weighted by atomic mass is 10.2. The van der Waals surface area contributed by atoms with Crippen LogP contribution in [0.4, 0.5) is 5.69 Å². The van der Waals surface area contributed by atoms with E-state index in [0.717, 1.165) is 16.9 Å². The maximum Gasteiger partial charge on any atom is 0.261 e. The Bertz CT molecular complexity index is 1130. The first-order valence-electron chi connectivity index (χ1n) is 9.57. The van der Waals surface area contributed by atoms with Gasteiger partial charge in [-0.3, -0.25) is 9.52 Å². The zero-order valence-electron chi connectivity index (χ0n) is 16.9. The molecule has 0 aliphatic carbocycles. The average Bonchev–Trinajstić information content (AvgIpc) is 2.74. The Morgan fingerprint density at radius 2 is 1.70 bits per heavy atom. The van der Waals surface area contributed by atoms with E-state index in [9.17, 15) is 13.2 Å². The van der Waals surface area contributed by atoms with E-state index in [-0.39, 0.29) is 16.4 Å². The van der Waals surface area contributed by atoms with E-state index < -0.39 is 10.0 Å². The van der Waals surface area contributed by atoms with Crippen LogP contribution in [0.15, 0.2) is 77.7 Å². The number of anilines is 1. The van der Waals surface area contributed by atoms with Crippen molar-refractivity contribution in [3.63, 3.8) is 0 Å². The number of nitrogens with one attached hydrogen (secondary N) is 2. The molecule has 0 aliphatic heterocycles. The van der Waals surface area contributed by atoms with Crippen LogP contribution in [0.25, 0.3) is 0 Å². The Morgan fingerprint density at radius 1 is 0.967 bits per heavy atom. The van der Waals surface area contributed by atoms with Crippen LogP contribution in [0.5, 0.6) is 5.75 Å². The molecule has 0 saturated heterocycles. The first-order chi connectivity index (χ1) is 14.4.